The van der Waals surface area contributed by atoms with E-state index in [1.807, 2.05) is 0 Å². The van der Waals surface area contributed by atoms with Gasteiger partial charge in [-0.15, -0.1) is 0 Å². The number of nitrogens with two attached hydrogens (primary N) is 1. The van der Waals surface area contributed by atoms with Gasteiger partial charge < -0.3 is 10.5 Å². The summed E-state index contributed by atoms with van der Waals surface area (Å²) < 4.78 is 5.97. The summed E-state index contributed by atoms with van der Waals surface area (Å²) >= 11 is 0. The summed E-state index contributed by atoms with van der Waals surface area (Å²) in [4.78, 5) is 0. The van der Waals surface area contributed by atoms with Crippen LogP contribution in [0.25, 0.3) is 0 Å². The summed E-state index contributed by atoms with van der Waals surface area (Å²) in [5, 5.41) is 0. The smallest absolute Gasteiger partial charge is 0.123 e. The fourth-order valence-corrected chi connectivity index (χ4v) is 2.29. The van der Waals surface area contributed by atoms with Gasteiger partial charge in [0.2, 0.25) is 0 Å². The van der Waals surface area contributed by atoms with Crippen LogP contribution < -0.4 is 10.5 Å². The molecule has 0 aliphatic carbocycles. The summed E-state index contributed by atoms with van der Waals surface area (Å²) in [6.45, 7) is 6.43. The maximum atomic E-state index is 5.99. The van der Waals surface area contributed by atoms with E-state index < -0.39 is 0 Å². The number of benzene rings is 1. The zero-order valence-corrected chi connectivity index (χ0v) is 11.1. The Bertz CT molecular complexity index is 398. The zero-order chi connectivity index (χ0) is 12.5. The molecule has 1 atom stereocenters. The van der Waals surface area contributed by atoms with Crippen molar-refractivity contribution in [2.75, 3.05) is 0 Å². The lowest BCUT2D eigenvalue weighted by molar-refractivity contribution is 0.0846. The average Bonchev–Trinajstić information content (AvgIpc) is 2.28. The standard InChI is InChI=1S/C15H23NO/c1-4-13(16)10-11-5-6-14-12(9-11)7-8-15(2,3)17-14/h5-6,9,13H,4,7-8,10,16H2,1-3H3. The zero-order valence-electron chi connectivity index (χ0n) is 11.1. The summed E-state index contributed by atoms with van der Waals surface area (Å²) in [5.41, 5.74) is 8.65. The monoisotopic (exact) mass is 233 g/mol. The minimum absolute atomic E-state index is 0.0195. The molecule has 0 aromatic heterocycles. The van der Waals surface area contributed by atoms with E-state index >= 15 is 0 Å². The van der Waals surface area contributed by atoms with Crippen molar-refractivity contribution in [3.63, 3.8) is 0 Å². The van der Waals surface area contributed by atoms with E-state index in [-0.39, 0.29) is 11.6 Å². The SMILES string of the molecule is CCC(N)Cc1ccc2c(c1)CCC(C)(C)O2. The third-order valence-electron chi connectivity index (χ3n) is 3.53. The van der Waals surface area contributed by atoms with Crippen LogP contribution in [0, 0.1) is 0 Å². The van der Waals surface area contributed by atoms with Crippen LogP contribution in [-0.2, 0) is 12.8 Å². The van der Waals surface area contributed by atoms with Gasteiger partial charge >= 0.3 is 0 Å². The lowest BCUT2D eigenvalue weighted by atomic mass is 9.92. The Labute approximate surface area is 104 Å². The highest BCUT2D eigenvalue weighted by Gasteiger charge is 2.26. The van der Waals surface area contributed by atoms with Gasteiger partial charge in [0, 0.05) is 6.04 Å². The van der Waals surface area contributed by atoms with Crippen molar-refractivity contribution in [2.24, 2.45) is 5.73 Å². The van der Waals surface area contributed by atoms with E-state index in [4.69, 9.17) is 10.5 Å². The van der Waals surface area contributed by atoms with Crippen LogP contribution in [0.1, 0.15) is 44.7 Å². The molecule has 1 unspecified atom stereocenters. The number of rotatable bonds is 3. The Balaban J connectivity index is 2.16. The van der Waals surface area contributed by atoms with Crippen LogP contribution in [0.4, 0.5) is 0 Å². The molecule has 2 heteroatoms. The van der Waals surface area contributed by atoms with E-state index in [1.54, 1.807) is 0 Å². The van der Waals surface area contributed by atoms with Crippen molar-refractivity contribution in [1.82, 2.24) is 0 Å². The predicted molar refractivity (Wildman–Crippen MR) is 71.4 cm³/mol. The maximum absolute atomic E-state index is 5.99. The fraction of sp³-hybridized carbons (Fsp3) is 0.600. The molecule has 0 bridgehead atoms. The predicted octanol–water partition coefficient (Wildman–Crippen LogP) is 3.07. The summed E-state index contributed by atoms with van der Waals surface area (Å²) in [6.07, 6.45) is 4.19. The quantitative estimate of drug-likeness (QED) is 0.870. The first-order chi connectivity index (χ1) is 8.00. The third-order valence-corrected chi connectivity index (χ3v) is 3.53. The number of hydrogen-bond acceptors (Lipinski definition) is 2. The van der Waals surface area contributed by atoms with Gasteiger partial charge in [0.1, 0.15) is 11.4 Å². The number of hydrogen-bond donors (Lipinski definition) is 1. The van der Waals surface area contributed by atoms with Crippen LogP contribution >= 0.6 is 0 Å². The molecule has 17 heavy (non-hydrogen) atoms. The van der Waals surface area contributed by atoms with Gasteiger partial charge in [0.25, 0.3) is 0 Å². The molecule has 2 N–H and O–H groups in total. The molecule has 0 radical (unpaired) electrons. The van der Waals surface area contributed by atoms with Crippen molar-refractivity contribution in [2.45, 2.75) is 58.1 Å². The molecule has 0 spiro atoms. The Morgan fingerprint density at radius 3 is 2.88 bits per heavy atom. The second kappa shape index (κ2) is 4.69. The molecular formula is C15H23NO. The molecule has 2 rings (SSSR count). The van der Waals surface area contributed by atoms with Gasteiger partial charge in [0.15, 0.2) is 0 Å². The molecular weight excluding hydrogens is 210 g/mol. The highest BCUT2D eigenvalue weighted by Crippen LogP contribution is 2.33. The second-order valence-corrected chi connectivity index (χ2v) is 5.68. The van der Waals surface area contributed by atoms with Crippen LogP contribution in [0.2, 0.25) is 0 Å². The van der Waals surface area contributed by atoms with Gasteiger partial charge in [-0.25, -0.2) is 0 Å². The summed E-state index contributed by atoms with van der Waals surface area (Å²) in [6, 6.07) is 6.79. The largest absolute Gasteiger partial charge is 0.488 e. The highest BCUT2D eigenvalue weighted by molar-refractivity contribution is 5.39. The molecule has 0 saturated carbocycles. The van der Waals surface area contributed by atoms with Crippen molar-refractivity contribution in [1.29, 1.82) is 0 Å². The average molecular weight is 233 g/mol. The van der Waals surface area contributed by atoms with E-state index in [9.17, 15) is 0 Å². The molecule has 0 fully saturated rings. The summed E-state index contributed by atoms with van der Waals surface area (Å²) in [5.74, 6) is 1.05. The van der Waals surface area contributed by atoms with Gasteiger partial charge in [-0.2, -0.15) is 0 Å². The third kappa shape index (κ3) is 3.01. The maximum Gasteiger partial charge on any atom is 0.123 e. The van der Waals surface area contributed by atoms with Crippen LogP contribution in [0.15, 0.2) is 18.2 Å². The number of ether oxygens (including phenoxy) is 1. The van der Waals surface area contributed by atoms with Crippen LogP contribution in [0.3, 0.4) is 0 Å². The minimum atomic E-state index is -0.0195. The molecule has 94 valence electrons. The van der Waals surface area contributed by atoms with Crippen LogP contribution in [0.5, 0.6) is 5.75 Å². The second-order valence-electron chi connectivity index (χ2n) is 5.68. The van der Waals surface area contributed by atoms with Crippen molar-refractivity contribution >= 4 is 0 Å². The molecule has 1 aliphatic heterocycles. The van der Waals surface area contributed by atoms with E-state index in [2.05, 4.69) is 39.0 Å². The molecule has 2 nitrogen and oxygen atoms in total. The summed E-state index contributed by atoms with van der Waals surface area (Å²) in [7, 11) is 0. The lowest BCUT2D eigenvalue weighted by Crippen LogP contribution is -2.32. The molecule has 1 aliphatic rings. The fourth-order valence-electron chi connectivity index (χ4n) is 2.29. The lowest BCUT2D eigenvalue weighted by Gasteiger charge is -2.32. The molecule has 1 aromatic carbocycles. The number of fused-ring (bicyclic) bond motifs is 1. The minimum Gasteiger partial charge on any atom is -0.488 e. The Kier molecular flexibility index (Phi) is 3.43. The first-order valence-electron chi connectivity index (χ1n) is 6.56. The van der Waals surface area contributed by atoms with Crippen molar-refractivity contribution in [3.05, 3.63) is 29.3 Å². The van der Waals surface area contributed by atoms with Gasteiger partial charge in [-0.3, -0.25) is 0 Å². The first kappa shape index (κ1) is 12.4. The highest BCUT2D eigenvalue weighted by atomic mass is 16.5. The Morgan fingerprint density at radius 1 is 1.41 bits per heavy atom. The van der Waals surface area contributed by atoms with Gasteiger partial charge in [-0.1, -0.05) is 19.1 Å². The van der Waals surface area contributed by atoms with Gasteiger partial charge in [-0.05, 0) is 56.7 Å². The van der Waals surface area contributed by atoms with E-state index in [0.717, 1.165) is 31.4 Å². The van der Waals surface area contributed by atoms with Gasteiger partial charge in [0.05, 0.1) is 0 Å². The number of aryl methyl sites for hydroxylation is 1. The first-order valence-corrected chi connectivity index (χ1v) is 6.56. The van der Waals surface area contributed by atoms with Crippen molar-refractivity contribution < 1.29 is 4.74 Å². The van der Waals surface area contributed by atoms with Crippen molar-refractivity contribution in [3.8, 4) is 5.75 Å². The topological polar surface area (TPSA) is 35.2 Å². The Hall–Kier alpha value is -1.02. The van der Waals surface area contributed by atoms with E-state index in [0.29, 0.717) is 0 Å². The van der Waals surface area contributed by atoms with E-state index in [1.165, 1.54) is 11.1 Å². The van der Waals surface area contributed by atoms with Crippen LogP contribution in [-0.4, -0.2) is 11.6 Å². The Morgan fingerprint density at radius 2 is 2.18 bits per heavy atom. The molecule has 1 aromatic rings. The molecule has 0 saturated heterocycles. The molecule has 0 amide bonds. The normalized spacial score (nSPS) is 19.3. The molecule has 1 heterocycles.